The topological polar surface area (TPSA) is 69.7 Å². The average molecular weight is 422 g/mol. The second-order valence-corrected chi connectivity index (χ2v) is 9.87. The van der Waals surface area contributed by atoms with Gasteiger partial charge in [-0.2, -0.15) is 0 Å². The summed E-state index contributed by atoms with van der Waals surface area (Å²) in [6, 6.07) is 8.90. The largest absolute Gasteiger partial charge is 0.475 e. The molecule has 154 valence electrons. The monoisotopic (exact) mass is 421 g/mol. The van der Waals surface area contributed by atoms with Gasteiger partial charge in [-0.25, -0.2) is 4.99 Å². The average Bonchev–Trinajstić information content (AvgIpc) is 3.13. The summed E-state index contributed by atoms with van der Waals surface area (Å²) in [4.78, 5) is 9.35. The second kappa shape index (κ2) is 6.76. The molecular formula is C22H26B2ClN3O2. The number of ether oxygens (including phenoxy) is 2. The Hall–Kier alpha value is -1.98. The zero-order chi connectivity index (χ0) is 21.1. The molecule has 0 amide bonds. The molecule has 0 saturated heterocycles. The summed E-state index contributed by atoms with van der Waals surface area (Å²) in [7, 11) is 6.07. The van der Waals surface area contributed by atoms with E-state index in [1.165, 1.54) is 11.1 Å². The number of rotatable bonds is 2. The van der Waals surface area contributed by atoms with Crippen LogP contribution in [0.3, 0.4) is 0 Å². The Kier molecular flexibility index (Phi) is 4.50. The van der Waals surface area contributed by atoms with Gasteiger partial charge in [0.15, 0.2) is 15.7 Å². The van der Waals surface area contributed by atoms with E-state index in [-0.39, 0.29) is 11.4 Å². The molecule has 1 aromatic heterocycles. The quantitative estimate of drug-likeness (QED) is 0.753. The van der Waals surface area contributed by atoms with Gasteiger partial charge in [0.2, 0.25) is 0 Å². The molecule has 1 atom stereocenters. The first kappa shape index (κ1) is 20.0. The van der Waals surface area contributed by atoms with Gasteiger partial charge >= 0.3 is 0 Å². The van der Waals surface area contributed by atoms with Crippen LogP contribution in [-0.4, -0.2) is 45.3 Å². The number of aliphatic imine (C=N–C) groups is 1. The van der Waals surface area contributed by atoms with Gasteiger partial charge in [0, 0.05) is 30.5 Å². The zero-order valence-electron chi connectivity index (χ0n) is 17.7. The Morgan fingerprint density at radius 1 is 1.17 bits per heavy atom. The number of nitrogens with two attached hydrogens (primary N) is 1. The molecule has 1 saturated carbocycles. The highest BCUT2D eigenvalue weighted by atomic mass is 35.5. The molecule has 2 N–H and O–H groups in total. The molecule has 1 aliphatic heterocycles. The van der Waals surface area contributed by atoms with Crippen molar-refractivity contribution in [2.75, 3.05) is 7.11 Å². The minimum Gasteiger partial charge on any atom is -0.475 e. The van der Waals surface area contributed by atoms with Crippen LogP contribution in [0.15, 0.2) is 41.7 Å². The van der Waals surface area contributed by atoms with Crippen molar-refractivity contribution in [2.24, 2.45) is 16.1 Å². The lowest BCUT2D eigenvalue weighted by Gasteiger charge is -2.51. The molecule has 2 aliphatic carbocycles. The molecule has 8 heteroatoms. The summed E-state index contributed by atoms with van der Waals surface area (Å²) in [6.45, 7) is 0. The van der Waals surface area contributed by atoms with Crippen LogP contribution in [0.4, 0.5) is 0 Å². The van der Waals surface area contributed by atoms with Gasteiger partial charge in [0.25, 0.3) is 6.02 Å². The summed E-state index contributed by atoms with van der Waals surface area (Å²) < 4.78 is 11.8. The molecule has 3 aliphatic rings. The number of benzene rings is 1. The Morgan fingerprint density at radius 3 is 2.57 bits per heavy atom. The smallest absolute Gasteiger partial charge is 0.282 e. The normalized spacial score (nSPS) is 31.5. The fourth-order valence-corrected chi connectivity index (χ4v) is 6.49. The summed E-state index contributed by atoms with van der Waals surface area (Å²) >= 11 is 6.21. The standard InChI is InChI=1S/C22H26B2ClN3O2/c1-29-17-4-6-20(7-5-17)10-14-3-2-13(15-8-16(25)12-27-11-15)9-18(14)21(20)22(23,24)30-19(26)28-21/h2-3,8-9,11-12,17H,4-7,10,23-24H2,1H3,(H2,26,28)/t17-,20-,21?. The number of pyridine rings is 1. The van der Waals surface area contributed by atoms with E-state index in [0.717, 1.165) is 43.2 Å². The van der Waals surface area contributed by atoms with E-state index in [1.807, 2.05) is 19.4 Å². The number of hydrogen-bond donors (Lipinski definition) is 1. The van der Waals surface area contributed by atoms with Crippen molar-refractivity contribution in [1.82, 2.24) is 4.98 Å². The fourth-order valence-electron chi connectivity index (χ4n) is 6.31. The van der Waals surface area contributed by atoms with Crippen molar-refractivity contribution in [1.29, 1.82) is 0 Å². The summed E-state index contributed by atoms with van der Waals surface area (Å²) in [6.07, 6.45) is 8.94. The Balaban J connectivity index is 1.68. The van der Waals surface area contributed by atoms with Gasteiger partial charge in [-0.15, -0.1) is 0 Å². The van der Waals surface area contributed by atoms with E-state index in [9.17, 15) is 0 Å². The number of amidine groups is 1. The molecule has 2 aromatic rings. The maximum absolute atomic E-state index is 6.21. The van der Waals surface area contributed by atoms with E-state index in [4.69, 9.17) is 31.8 Å². The molecule has 1 unspecified atom stereocenters. The van der Waals surface area contributed by atoms with Crippen LogP contribution >= 0.6 is 11.6 Å². The Labute approximate surface area is 184 Å². The first-order valence-corrected chi connectivity index (χ1v) is 11.0. The lowest BCUT2D eigenvalue weighted by Crippen LogP contribution is -2.59. The highest BCUT2D eigenvalue weighted by Gasteiger charge is 2.68. The molecule has 0 radical (unpaired) electrons. The lowest BCUT2D eigenvalue weighted by molar-refractivity contribution is -0.0256. The molecule has 30 heavy (non-hydrogen) atoms. The molecule has 5 nitrogen and oxygen atoms in total. The van der Waals surface area contributed by atoms with E-state index in [1.54, 1.807) is 6.20 Å². The zero-order valence-corrected chi connectivity index (χ0v) is 18.5. The predicted molar refractivity (Wildman–Crippen MR) is 124 cm³/mol. The van der Waals surface area contributed by atoms with E-state index >= 15 is 0 Å². The number of hydrogen-bond acceptors (Lipinski definition) is 5. The molecule has 0 bridgehead atoms. The van der Waals surface area contributed by atoms with Crippen molar-refractivity contribution >= 4 is 33.3 Å². The maximum Gasteiger partial charge on any atom is 0.282 e. The van der Waals surface area contributed by atoms with Gasteiger partial charge in [-0.1, -0.05) is 23.7 Å². The molecular weight excluding hydrogens is 395 g/mol. The van der Waals surface area contributed by atoms with Crippen LogP contribution in [0.25, 0.3) is 11.1 Å². The molecule has 1 aromatic carbocycles. The second-order valence-electron chi connectivity index (χ2n) is 9.43. The van der Waals surface area contributed by atoms with Gasteiger partial charge in [-0.3, -0.25) is 4.98 Å². The highest BCUT2D eigenvalue weighted by Crippen LogP contribution is 2.65. The van der Waals surface area contributed by atoms with Crippen LogP contribution in [0.2, 0.25) is 5.02 Å². The Morgan fingerprint density at radius 2 is 1.93 bits per heavy atom. The van der Waals surface area contributed by atoms with Crippen LogP contribution in [0.1, 0.15) is 36.8 Å². The molecule has 2 heterocycles. The maximum atomic E-state index is 6.21. The third-order valence-electron chi connectivity index (χ3n) is 7.57. The Bertz CT molecular complexity index is 1040. The first-order chi connectivity index (χ1) is 14.3. The third kappa shape index (κ3) is 2.68. The van der Waals surface area contributed by atoms with Gasteiger partial charge in [0.05, 0.1) is 16.5 Å². The van der Waals surface area contributed by atoms with Crippen LogP contribution < -0.4 is 5.73 Å². The van der Waals surface area contributed by atoms with Crippen LogP contribution in [-0.2, 0) is 21.4 Å². The lowest BCUT2D eigenvalue weighted by atomic mass is 9.45. The van der Waals surface area contributed by atoms with Crippen molar-refractivity contribution in [3.63, 3.8) is 0 Å². The molecule has 1 fully saturated rings. The van der Waals surface area contributed by atoms with Crippen LogP contribution in [0, 0.1) is 5.41 Å². The summed E-state index contributed by atoms with van der Waals surface area (Å²) in [5, 5.41) is 0.0943. The molecule has 5 rings (SSSR count). The highest BCUT2D eigenvalue weighted by molar-refractivity contribution is 6.41. The number of methoxy groups -OCH3 is 1. The summed E-state index contributed by atoms with van der Waals surface area (Å²) in [5.74, 6) is 0. The molecule has 2 spiro atoms. The number of nitrogens with zero attached hydrogens (tertiary/aromatic N) is 2. The number of fused-ring (bicyclic) bond motifs is 3. The number of aromatic nitrogens is 1. The van der Waals surface area contributed by atoms with Crippen LogP contribution in [0.5, 0.6) is 0 Å². The van der Waals surface area contributed by atoms with Crippen molar-refractivity contribution in [3.05, 3.63) is 52.8 Å². The van der Waals surface area contributed by atoms with E-state index in [0.29, 0.717) is 11.1 Å². The minimum atomic E-state index is -0.534. The van der Waals surface area contributed by atoms with Crippen molar-refractivity contribution in [3.8, 4) is 11.1 Å². The third-order valence-corrected chi connectivity index (χ3v) is 7.77. The minimum absolute atomic E-state index is 0.0276. The predicted octanol–water partition coefficient (Wildman–Crippen LogP) is 1.99. The first-order valence-electron chi connectivity index (χ1n) is 10.6. The van der Waals surface area contributed by atoms with E-state index in [2.05, 4.69) is 38.9 Å². The van der Waals surface area contributed by atoms with Gasteiger partial charge < -0.3 is 15.2 Å². The number of halogens is 1. The van der Waals surface area contributed by atoms with Crippen molar-refractivity contribution in [2.45, 2.75) is 49.1 Å². The SMILES string of the molecule is BC1(B)OC(N)=NC12c1cc(-c3cncc(Cl)c3)ccc1C[C@]21CC[C@@H](OC)CC1. The fraction of sp³-hybridized carbons (Fsp3) is 0.455. The van der Waals surface area contributed by atoms with Crippen molar-refractivity contribution < 1.29 is 9.47 Å². The van der Waals surface area contributed by atoms with Gasteiger partial charge in [0.1, 0.15) is 5.54 Å². The van der Waals surface area contributed by atoms with E-state index < -0.39 is 10.9 Å². The summed E-state index contributed by atoms with van der Waals surface area (Å²) in [5.41, 5.74) is 10.3. The van der Waals surface area contributed by atoms with Gasteiger partial charge in [-0.05, 0) is 60.9 Å².